The number of halogens is 1. The summed E-state index contributed by atoms with van der Waals surface area (Å²) < 4.78 is 5.65. The average Bonchev–Trinajstić information content (AvgIpc) is 2.68. The van der Waals surface area contributed by atoms with Gasteiger partial charge < -0.3 is 10.5 Å². The van der Waals surface area contributed by atoms with Crippen LogP contribution in [0.2, 0.25) is 5.02 Å². The van der Waals surface area contributed by atoms with Crippen LogP contribution in [-0.2, 0) is 11.3 Å². The first-order valence-corrected chi connectivity index (χ1v) is 6.02. The van der Waals surface area contributed by atoms with Gasteiger partial charge in [-0.15, -0.1) is 0 Å². The third kappa shape index (κ3) is 2.94. The average molecular weight is 241 g/mol. The highest BCUT2D eigenvalue weighted by Crippen LogP contribution is 2.27. The van der Waals surface area contributed by atoms with Crippen LogP contribution >= 0.6 is 11.6 Å². The van der Waals surface area contributed by atoms with Crippen molar-refractivity contribution in [3.63, 3.8) is 0 Å². The van der Waals surface area contributed by atoms with Gasteiger partial charge in [0.15, 0.2) is 0 Å². The first-order chi connectivity index (χ1) is 7.70. The Morgan fingerprint density at radius 2 is 2.19 bits per heavy atom. The predicted octanol–water partition coefficient (Wildman–Crippen LogP) is 2.52. The third-order valence-electron chi connectivity index (χ3n) is 3.10. The monoisotopic (exact) mass is 240 g/mol. The first kappa shape index (κ1) is 11.8. The topological polar surface area (TPSA) is 48.1 Å². The Morgan fingerprint density at radius 3 is 2.88 bits per heavy atom. The normalized spacial score (nSPS) is 18.9. The van der Waals surface area contributed by atoms with Crippen LogP contribution in [0.3, 0.4) is 0 Å². The fraction of sp³-hybridized carbons (Fsp3) is 0.583. The van der Waals surface area contributed by atoms with Crippen LogP contribution in [0.1, 0.15) is 31.2 Å². The van der Waals surface area contributed by atoms with Crippen LogP contribution in [0, 0.1) is 0 Å². The van der Waals surface area contributed by atoms with Crippen LogP contribution in [0.5, 0.6) is 0 Å². The summed E-state index contributed by atoms with van der Waals surface area (Å²) in [5.74, 6) is 0. The van der Waals surface area contributed by atoms with Gasteiger partial charge in [-0.1, -0.05) is 24.4 Å². The molecule has 0 amide bonds. The molecular weight excluding hydrogens is 224 g/mol. The van der Waals surface area contributed by atoms with Gasteiger partial charge in [-0.05, 0) is 24.5 Å². The molecule has 1 aliphatic carbocycles. The molecule has 0 atom stereocenters. The van der Waals surface area contributed by atoms with Crippen LogP contribution in [0.25, 0.3) is 0 Å². The van der Waals surface area contributed by atoms with Crippen molar-refractivity contribution >= 4 is 11.6 Å². The van der Waals surface area contributed by atoms with Gasteiger partial charge in [0.1, 0.15) is 0 Å². The van der Waals surface area contributed by atoms with E-state index in [1.54, 1.807) is 12.4 Å². The van der Waals surface area contributed by atoms with Crippen molar-refractivity contribution < 1.29 is 4.74 Å². The van der Waals surface area contributed by atoms with E-state index in [1.165, 1.54) is 12.8 Å². The van der Waals surface area contributed by atoms with E-state index in [9.17, 15) is 0 Å². The standard InChI is InChI=1S/C12H17ClN2O/c13-11-7-15-6-3-10(11)8-16-9-12(14)4-1-2-5-12/h3,6-7H,1-2,4-5,8-9,14H2. The molecule has 0 saturated heterocycles. The van der Waals surface area contributed by atoms with Crippen LogP contribution in [-0.4, -0.2) is 17.1 Å². The molecular formula is C12H17ClN2O. The molecule has 2 N–H and O–H groups in total. The zero-order valence-corrected chi connectivity index (χ0v) is 10.0. The minimum Gasteiger partial charge on any atom is -0.375 e. The molecule has 1 aromatic heterocycles. The largest absolute Gasteiger partial charge is 0.375 e. The fourth-order valence-corrected chi connectivity index (χ4v) is 2.28. The lowest BCUT2D eigenvalue weighted by Gasteiger charge is -2.23. The molecule has 1 aliphatic rings. The van der Waals surface area contributed by atoms with E-state index < -0.39 is 0 Å². The van der Waals surface area contributed by atoms with E-state index in [2.05, 4.69) is 4.98 Å². The van der Waals surface area contributed by atoms with Crippen LogP contribution < -0.4 is 5.73 Å². The summed E-state index contributed by atoms with van der Waals surface area (Å²) in [6.45, 7) is 1.13. The molecule has 1 aromatic rings. The number of hydrogen-bond donors (Lipinski definition) is 1. The molecule has 3 nitrogen and oxygen atoms in total. The summed E-state index contributed by atoms with van der Waals surface area (Å²) in [4.78, 5) is 3.93. The molecule has 0 aliphatic heterocycles. The van der Waals surface area contributed by atoms with Crippen molar-refractivity contribution in [2.45, 2.75) is 37.8 Å². The second-order valence-electron chi connectivity index (χ2n) is 4.53. The molecule has 88 valence electrons. The summed E-state index contributed by atoms with van der Waals surface area (Å²) in [5, 5.41) is 0.653. The van der Waals surface area contributed by atoms with E-state index in [1.807, 2.05) is 6.07 Å². The molecule has 1 fully saturated rings. The second-order valence-corrected chi connectivity index (χ2v) is 4.94. The second kappa shape index (κ2) is 5.13. The molecule has 0 spiro atoms. The molecule has 0 aromatic carbocycles. The highest BCUT2D eigenvalue weighted by molar-refractivity contribution is 6.31. The Morgan fingerprint density at radius 1 is 1.44 bits per heavy atom. The van der Waals surface area contributed by atoms with Gasteiger partial charge in [0, 0.05) is 17.9 Å². The van der Waals surface area contributed by atoms with Gasteiger partial charge in [-0.2, -0.15) is 0 Å². The number of ether oxygens (including phenoxy) is 1. The Bertz CT molecular complexity index is 351. The van der Waals surface area contributed by atoms with Crippen molar-refractivity contribution in [2.75, 3.05) is 6.61 Å². The molecule has 1 saturated carbocycles. The summed E-state index contributed by atoms with van der Waals surface area (Å²) in [6.07, 6.45) is 7.92. The number of nitrogens with two attached hydrogens (primary N) is 1. The Kier molecular flexibility index (Phi) is 3.79. The van der Waals surface area contributed by atoms with Crippen LogP contribution in [0.4, 0.5) is 0 Å². The molecule has 0 bridgehead atoms. The summed E-state index contributed by atoms with van der Waals surface area (Å²) >= 11 is 5.98. The summed E-state index contributed by atoms with van der Waals surface area (Å²) in [5.41, 5.74) is 7.05. The van der Waals surface area contributed by atoms with E-state index >= 15 is 0 Å². The Hall–Kier alpha value is -0.640. The van der Waals surface area contributed by atoms with Crippen molar-refractivity contribution in [1.82, 2.24) is 4.98 Å². The van der Waals surface area contributed by atoms with Crippen molar-refractivity contribution in [3.05, 3.63) is 29.0 Å². The lowest BCUT2D eigenvalue weighted by Crippen LogP contribution is -2.41. The van der Waals surface area contributed by atoms with Gasteiger partial charge in [-0.3, -0.25) is 4.98 Å². The molecule has 1 heterocycles. The van der Waals surface area contributed by atoms with Crippen LogP contribution in [0.15, 0.2) is 18.5 Å². The quantitative estimate of drug-likeness (QED) is 0.880. The van der Waals surface area contributed by atoms with Gasteiger partial charge >= 0.3 is 0 Å². The third-order valence-corrected chi connectivity index (χ3v) is 3.44. The van der Waals surface area contributed by atoms with Gasteiger partial charge in [-0.25, -0.2) is 0 Å². The number of rotatable bonds is 4. The minimum absolute atomic E-state index is 0.112. The Balaban J connectivity index is 1.82. The SMILES string of the molecule is NC1(COCc2ccncc2Cl)CCCC1. The molecule has 2 rings (SSSR count). The predicted molar refractivity (Wildman–Crippen MR) is 64.3 cm³/mol. The zero-order chi connectivity index (χ0) is 11.4. The van der Waals surface area contributed by atoms with E-state index in [0.717, 1.165) is 18.4 Å². The summed E-state index contributed by atoms with van der Waals surface area (Å²) in [6, 6.07) is 1.88. The zero-order valence-electron chi connectivity index (χ0n) is 9.29. The number of nitrogens with zero attached hydrogens (tertiary/aromatic N) is 1. The Labute approximate surface area is 101 Å². The number of hydrogen-bond acceptors (Lipinski definition) is 3. The lowest BCUT2D eigenvalue weighted by atomic mass is 10.0. The van der Waals surface area contributed by atoms with Crippen molar-refractivity contribution in [2.24, 2.45) is 5.73 Å². The maximum atomic E-state index is 6.19. The molecule has 16 heavy (non-hydrogen) atoms. The number of aromatic nitrogens is 1. The molecule has 0 radical (unpaired) electrons. The highest BCUT2D eigenvalue weighted by Gasteiger charge is 2.29. The van der Waals surface area contributed by atoms with Gasteiger partial charge in [0.2, 0.25) is 0 Å². The van der Waals surface area contributed by atoms with E-state index in [0.29, 0.717) is 18.2 Å². The maximum absolute atomic E-state index is 6.19. The molecule has 0 unspecified atom stereocenters. The lowest BCUT2D eigenvalue weighted by molar-refractivity contribution is 0.0751. The highest BCUT2D eigenvalue weighted by atomic mass is 35.5. The first-order valence-electron chi connectivity index (χ1n) is 5.65. The summed E-state index contributed by atoms with van der Waals surface area (Å²) in [7, 11) is 0. The van der Waals surface area contributed by atoms with E-state index in [-0.39, 0.29) is 5.54 Å². The van der Waals surface area contributed by atoms with E-state index in [4.69, 9.17) is 22.1 Å². The smallest absolute Gasteiger partial charge is 0.0733 e. The number of pyridine rings is 1. The fourth-order valence-electron chi connectivity index (χ4n) is 2.11. The minimum atomic E-state index is -0.112. The molecule has 4 heteroatoms. The van der Waals surface area contributed by atoms with Crippen molar-refractivity contribution in [3.8, 4) is 0 Å². The van der Waals surface area contributed by atoms with Crippen molar-refractivity contribution in [1.29, 1.82) is 0 Å². The maximum Gasteiger partial charge on any atom is 0.0733 e. The van der Waals surface area contributed by atoms with Gasteiger partial charge in [0.25, 0.3) is 0 Å². The van der Waals surface area contributed by atoms with Gasteiger partial charge in [0.05, 0.1) is 18.2 Å².